The van der Waals surface area contributed by atoms with Crippen molar-refractivity contribution in [2.24, 2.45) is 0 Å². The molecule has 0 aromatic heterocycles. The van der Waals surface area contributed by atoms with Crippen LogP contribution in [0.25, 0.3) is 0 Å². The van der Waals surface area contributed by atoms with Gasteiger partial charge in [-0.25, -0.2) is 0 Å². The van der Waals surface area contributed by atoms with Gasteiger partial charge in [-0.05, 0) is 36.2 Å². The highest BCUT2D eigenvalue weighted by atomic mass is 79.9. The molecule has 24 heavy (non-hydrogen) atoms. The van der Waals surface area contributed by atoms with Crippen molar-refractivity contribution in [2.75, 3.05) is 44.2 Å². The van der Waals surface area contributed by atoms with Crippen molar-refractivity contribution in [2.45, 2.75) is 13.0 Å². The molecule has 1 aliphatic heterocycles. The largest absolute Gasteiger partial charge is 0.377 e. The quantitative estimate of drug-likeness (QED) is 0.661. The molecule has 1 aliphatic rings. The highest BCUT2D eigenvalue weighted by Gasteiger charge is 2.16. The van der Waals surface area contributed by atoms with Gasteiger partial charge in [-0.1, -0.05) is 46.3 Å². The number of halogens is 1. The molecule has 0 N–H and O–H groups in total. The number of benzene rings is 2. The lowest BCUT2D eigenvalue weighted by Crippen LogP contribution is -2.46. The van der Waals surface area contributed by atoms with Crippen molar-refractivity contribution >= 4 is 21.6 Å². The van der Waals surface area contributed by atoms with Crippen molar-refractivity contribution in [3.63, 3.8) is 0 Å². The van der Waals surface area contributed by atoms with Crippen molar-refractivity contribution < 1.29 is 4.74 Å². The molecule has 128 valence electrons. The molecule has 0 unspecified atom stereocenters. The van der Waals surface area contributed by atoms with Gasteiger partial charge in [0.1, 0.15) is 0 Å². The molecule has 0 saturated carbocycles. The third-order valence-corrected chi connectivity index (χ3v) is 4.97. The van der Waals surface area contributed by atoms with Gasteiger partial charge < -0.3 is 9.64 Å². The molecule has 2 aromatic carbocycles. The minimum atomic E-state index is 0.720. The van der Waals surface area contributed by atoms with E-state index >= 15 is 0 Å². The van der Waals surface area contributed by atoms with Crippen LogP contribution in [0.15, 0.2) is 59.1 Å². The molecule has 0 aliphatic carbocycles. The molecule has 1 saturated heterocycles. The molecule has 2 aromatic rings. The minimum absolute atomic E-state index is 0.720. The maximum Gasteiger partial charge on any atom is 0.0716 e. The van der Waals surface area contributed by atoms with Crippen LogP contribution in [0.3, 0.4) is 0 Å². The average Bonchev–Trinajstić information content (AvgIpc) is 2.64. The van der Waals surface area contributed by atoms with E-state index in [1.807, 2.05) is 6.07 Å². The molecule has 3 rings (SSSR count). The monoisotopic (exact) mass is 388 g/mol. The highest BCUT2D eigenvalue weighted by Crippen LogP contribution is 2.19. The summed E-state index contributed by atoms with van der Waals surface area (Å²) in [6.07, 6.45) is 1.10. The van der Waals surface area contributed by atoms with Gasteiger partial charge >= 0.3 is 0 Å². The second kappa shape index (κ2) is 9.21. The van der Waals surface area contributed by atoms with Crippen molar-refractivity contribution in [1.82, 2.24) is 4.90 Å². The molecule has 0 amide bonds. The maximum absolute atomic E-state index is 5.77. The number of anilines is 1. The second-order valence-electron chi connectivity index (χ2n) is 6.20. The van der Waals surface area contributed by atoms with Crippen LogP contribution in [0.5, 0.6) is 0 Å². The zero-order chi connectivity index (χ0) is 16.6. The zero-order valence-electron chi connectivity index (χ0n) is 14.0. The number of nitrogens with zero attached hydrogens (tertiary/aromatic N) is 2. The summed E-state index contributed by atoms with van der Waals surface area (Å²) in [6.45, 7) is 7.16. The van der Waals surface area contributed by atoms with E-state index in [4.69, 9.17) is 4.74 Å². The van der Waals surface area contributed by atoms with Gasteiger partial charge in [-0.2, -0.15) is 0 Å². The Morgan fingerprint density at radius 2 is 1.58 bits per heavy atom. The van der Waals surface area contributed by atoms with Gasteiger partial charge in [-0.15, -0.1) is 0 Å². The van der Waals surface area contributed by atoms with E-state index in [0.717, 1.165) is 56.8 Å². The van der Waals surface area contributed by atoms with E-state index < -0.39 is 0 Å². The summed E-state index contributed by atoms with van der Waals surface area (Å²) >= 11 is 3.50. The Balaban J connectivity index is 1.30. The summed E-state index contributed by atoms with van der Waals surface area (Å²) in [6, 6.07) is 19.0. The smallest absolute Gasteiger partial charge is 0.0716 e. The molecule has 0 radical (unpaired) electrons. The molecular formula is C20H25BrN2O. The van der Waals surface area contributed by atoms with E-state index in [0.29, 0.717) is 0 Å². The number of hydrogen-bond acceptors (Lipinski definition) is 3. The molecule has 0 bridgehead atoms. The van der Waals surface area contributed by atoms with E-state index in [1.54, 1.807) is 0 Å². The Bertz CT molecular complexity index is 595. The Morgan fingerprint density at radius 1 is 0.875 bits per heavy atom. The van der Waals surface area contributed by atoms with Crippen LogP contribution in [0.1, 0.15) is 12.0 Å². The normalized spacial score (nSPS) is 15.6. The predicted molar refractivity (Wildman–Crippen MR) is 104 cm³/mol. The zero-order valence-corrected chi connectivity index (χ0v) is 15.6. The van der Waals surface area contributed by atoms with Crippen LogP contribution in [0, 0.1) is 0 Å². The van der Waals surface area contributed by atoms with Crippen LogP contribution >= 0.6 is 15.9 Å². The summed E-state index contributed by atoms with van der Waals surface area (Å²) in [5.74, 6) is 0. The lowest BCUT2D eigenvalue weighted by atomic mass is 10.2. The van der Waals surface area contributed by atoms with E-state index in [-0.39, 0.29) is 0 Å². The van der Waals surface area contributed by atoms with E-state index in [9.17, 15) is 0 Å². The molecule has 1 heterocycles. The molecule has 3 nitrogen and oxygen atoms in total. The fourth-order valence-electron chi connectivity index (χ4n) is 3.04. The fraction of sp³-hybridized carbons (Fsp3) is 0.400. The lowest BCUT2D eigenvalue weighted by Gasteiger charge is -2.36. The summed E-state index contributed by atoms with van der Waals surface area (Å²) in [5, 5.41) is 0. The second-order valence-corrected chi connectivity index (χ2v) is 7.11. The summed E-state index contributed by atoms with van der Waals surface area (Å²) in [4.78, 5) is 5.01. The van der Waals surface area contributed by atoms with Crippen LogP contribution < -0.4 is 4.90 Å². The summed E-state index contributed by atoms with van der Waals surface area (Å²) in [7, 11) is 0. The first-order chi connectivity index (χ1) is 11.8. The van der Waals surface area contributed by atoms with Crippen molar-refractivity contribution in [1.29, 1.82) is 0 Å². The molecule has 0 atom stereocenters. The third-order valence-electron chi connectivity index (χ3n) is 4.44. The van der Waals surface area contributed by atoms with Gasteiger partial charge in [0.2, 0.25) is 0 Å². The molecule has 0 spiro atoms. The van der Waals surface area contributed by atoms with Gasteiger partial charge in [-0.3, -0.25) is 4.90 Å². The number of hydrogen-bond donors (Lipinski definition) is 0. The van der Waals surface area contributed by atoms with Crippen LogP contribution in [-0.2, 0) is 11.3 Å². The molecule has 4 heteroatoms. The summed E-state index contributed by atoms with van der Waals surface area (Å²) in [5.41, 5.74) is 2.57. The minimum Gasteiger partial charge on any atom is -0.377 e. The van der Waals surface area contributed by atoms with Crippen LogP contribution in [-0.4, -0.2) is 44.2 Å². The topological polar surface area (TPSA) is 15.7 Å². The van der Waals surface area contributed by atoms with Gasteiger partial charge in [0.05, 0.1) is 6.61 Å². The Kier molecular flexibility index (Phi) is 6.70. The molecule has 1 fully saturated rings. The van der Waals surface area contributed by atoms with Gasteiger partial charge in [0.15, 0.2) is 0 Å². The fourth-order valence-corrected chi connectivity index (χ4v) is 3.30. The highest BCUT2D eigenvalue weighted by molar-refractivity contribution is 9.10. The van der Waals surface area contributed by atoms with Gasteiger partial charge in [0, 0.05) is 49.5 Å². The van der Waals surface area contributed by atoms with E-state index in [2.05, 4.69) is 74.3 Å². The number of rotatable bonds is 7. The Hall–Kier alpha value is -1.36. The van der Waals surface area contributed by atoms with Gasteiger partial charge in [0.25, 0.3) is 0 Å². The van der Waals surface area contributed by atoms with Crippen molar-refractivity contribution in [3.05, 3.63) is 64.6 Å². The SMILES string of the molecule is Brc1ccc(N2CCN(CCCOCc3ccccc3)CC2)cc1. The first kappa shape index (κ1) is 17.5. The van der Waals surface area contributed by atoms with E-state index in [1.165, 1.54) is 11.3 Å². The Morgan fingerprint density at radius 3 is 2.29 bits per heavy atom. The average molecular weight is 389 g/mol. The van der Waals surface area contributed by atoms with Crippen molar-refractivity contribution in [3.8, 4) is 0 Å². The molecular weight excluding hydrogens is 364 g/mol. The number of ether oxygens (including phenoxy) is 1. The summed E-state index contributed by atoms with van der Waals surface area (Å²) < 4.78 is 6.91. The number of piperazine rings is 1. The Labute approximate surface area is 153 Å². The first-order valence-electron chi connectivity index (χ1n) is 8.66. The van der Waals surface area contributed by atoms with Crippen LogP contribution in [0.2, 0.25) is 0 Å². The lowest BCUT2D eigenvalue weighted by molar-refractivity contribution is 0.107. The predicted octanol–water partition coefficient (Wildman–Crippen LogP) is 4.18. The first-order valence-corrected chi connectivity index (χ1v) is 9.45. The maximum atomic E-state index is 5.77. The van der Waals surface area contributed by atoms with Crippen LogP contribution in [0.4, 0.5) is 5.69 Å². The standard InChI is InChI=1S/C20H25BrN2O/c21-19-7-9-20(10-8-19)23-14-12-22(13-15-23)11-4-16-24-17-18-5-2-1-3-6-18/h1-3,5-10H,4,11-17H2. The third kappa shape index (κ3) is 5.33.